The highest BCUT2D eigenvalue weighted by Gasteiger charge is 2.43. The third-order valence-corrected chi connectivity index (χ3v) is 4.39. The Morgan fingerprint density at radius 3 is 2.61 bits per heavy atom. The zero-order valence-corrected chi connectivity index (χ0v) is 12.1. The van der Waals surface area contributed by atoms with E-state index in [4.69, 9.17) is 16.3 Å². The van der Waals surface area contributed by atoms with Crippen molar-refractivity contribution < 1.29 is 9.84 Å². The number of hydrogen-bond acceptors (Lipinski definition) is 3. The molecule has 4 nitrogen and oxygen atoms in total. The van der Waals surface area contributed by atoms with Gasteiger partial charge in [-0.25, -0.2) is 0 Å². The first-order valence-electron chi connectivity index (χ1n) is 6.52. The Bertz CT molecular complexity index is 421. The zero-order valence-electron chi connectivity index (χ0n) is 11.3. The highest BCUT2D eigenvalue weighted by molar-refractivity contribution is 6.31. The zero-order chi connectivity index (χ0) is 13.4. The van der Waals surface area contributed by atoms with Crippen molar-refractivity contribution in [2.75, 3.05) is 0 Å². The fourth-order valence-electron chi connectivity index (χ4n) is 2.94. The maximum Gasteiger partial charge on any atom is 0.103 e. The Hall–Kier alpha value is -0.580. The van der Waals surface area contributed by atoms with Crippen LogP contribution in [-0.2, 0) is 11.3 Å². The number of aliphatic hydroxyl groups excluding tert-OH is 1. The molecular weight excluding hydrogens is 252 g/mol. The molecule has 1 saturated heterocycles. The first-order valence-corrected chi connectivity index (χ1v) is 6.89. The minimum Gasteiger partial charge on any atom is -0.386 e. The molecule has 1 aromatic rings. The Balaban J connectivity index is 2.30. The van der Waals surface area contributed by atoms with Gasteiger partial charge in [0, 0.05) is 12.5 Å². The van der Waals surface area contributed by atoms with E-state index in [0.717, 1.165) is 0 Å². The summed E-state index contributed by atoms with van der Waals surface area (Å²) in [4.78, 5) is 0. The Morgan fingerprint density at radius 2 is 2.11 bits per heavy atom. The lowest BCUT2D eigenvalue weighted by Gasteiger charge is -2.25. The molecule has 5 unspecified atom stereocenters. The van der Waals surface area contributed by atoms with E-state index in [0.29, 0.717) is 23.2 Å². The van der Waals surface area contributed by atoms with Crippen LogP contribution in [0.25, 0.3) is 0 Å². The predicted molar refractivity (Wildman–Crippen MR) is 70.5 cm³/mol. The highest BCUT2D eigenvalue weighted by Crippen LogP contribution is 2.41. The Labute approximate surface area is 113 Å². The summed E-state index contributed by atoms with van der Waals surface area (Å²) >= 11 is 6.14. The van der Waals surface area contributed by atoms with E-state index in [1.165, 1.54) is 0 Å². The molecule has 0 spiro atoms. The Kier molecular flexibility index (Phi) is 3.99. The number of aliphatic hydroxyl groups is 1. The quantitative estimate of drug-likeness (QED) is 0.920. The average Bonchev–Trinajstić information content (AvgIpc) is 2.80. The molecule has 1 fully saturated rings. The summed E-state index contributed by atoms with van der Waals surface area (Å²) in [5.41, 5.74) is 0.709. The second-order valence-corrected chi connectivity index (χ2v) is 5.53. The SMILES string of the molecule is CCn1ncc(Cl)c1C(O)C1C(C)OC(C)C1C. The van der Waals surface area contributed by atoms with Gasteiger partial charge in [-0.1, -0.05) is 18.5 Å². The number of nitrogens with zero attached hydrogens (tertiary/aromatic N) is 2. The first-order chi connectivity index (χ1) is 8.47. The lowest BCUT2D eigenvalue weighted by atomic mass is 9.83. The van der Waals surface area contributed by atoms with E-state index in [1.807, 2.05) is 20.8 Å². The molecule has 0 aliphatic carbocycles. The Morgan fingerprint density at radius 1 is 1.44 bits per heavy atom. The van der Waals surface area contributed by atoms with Gasteiger partial charge in [-0.05, 0) is 26.7 Å². The van der Waals surface area contributed by atoms with Gasteiger partial charge in [0.1, 0.15) is 6.10 Å². The molecule has 5 heteroatoms. The molecule has 102 valence electrons. The van der Waals surface area contributed by atoms with E-state index in [9.17, 15) is 5.11 Å². The van der Waals surface area contributed by atoms with Crippen LogP contribution in [0.3, 0.4) is 0 Å². The van der Waals surface area contributed by atoms with Gasteiger partial charge in [0.25, 0.3) is 0 Å². The van der Waals surface area contributed by atoms with Crippen molar-refractivity contribution in [3.63, 3.8) is 0 Å². The summed E-state index contributed by atoms with van der Waals surface area (Å²) in [6, 6.07) is 0. The van der Waals surface area contributed by atoms with Crippen LogP contribution >= 0.6 is 11.6 Å². The molecule has 1 N–H and O–H groups in total. The smallest absolute Gasteiger partial charge is 0.103 e. The fraction of sp³-hybridized carbons (Fsp3) is 0.769. The van der Waals surface area contributed by atoms with Crippen LogP contribution in [0.1, 0.15) is 39.5 Å². The van der Waals surface area contributed by atoms with Gasteiger partial charge in [-0.2, -0.15) is 5.10 Å². The van der Waals surface area contributed by atoms with E-state index >= 15 is 0 Å². The topological polar surface area (TPSA) is 47.3 Å². The highest BCUT2D eigenvalue weighted by atomic mass is 35.5. The van der Waals surface area contributed by atoms with Gasteiger partial charge in [0.05, 0.1) is 29.1 Å². The van der Waals surface area contributed by atoms with Crippen molar-refractivity contribution in [2.24, 2.45) is 11.8 Å². The minimum atomic E-state index is -0.630. The predicted octanol–water partition coefficient (Wildman–Crippen LogP) is 2.65. The van der Waals surface area contributed by atoms with Gasteiger partial charge in [-0.3, -0.25) is 4.68 Å². The molecule has 1 aliphatic rings. The number of hydrogen-bond donors (Lipinski definition) is 1. The van der Waals surface area contributed by atoms with Gasteiger partial charge in [0.15, 0.2) is 0 Å². The molecule has 0 aromatic carbocycles. The number of aryl methyl sites for hydroxylation is 1. The number of aromatic nitrogens is 2. The van der Waals surface area contributed by atoms with Crippen molar-refractivity contribution in [1.82, 2.24) is 9.78 Å². The van der Waals surface area contributed by atoms with Crippen LogP contribution in [0.4, 0.5) is 0 Å². The normalized spacial score (nSPS) is 33.9. The molecule has 2 rings (SSSR count). The summed E-state index contributed by atoms with van der Waals surface area (Å²) in [6.07, 6.45) is 1.16. The third-order valence-electron chi connectivity index (χ3n) is 4.10. The van der Waals surface area contributed by atoms with E-state index in [-0.39, 0.29) is 18.1 Å². The standard InChI is InChI=1S/C13H21ClN2O2/c1-5-16-12(10(14)6-15-16)13(17)11-7(2)8(3)18-9(11)4/h6-9,11,13,17H,5H2,1-4H3. The van der Waals surface area contributed by atoms with Crippen molar-refractivity contribution in [3.05, 3.63) is 16.9 Å². The molecule has 0 bridgehead atoms. The summed E-state index contributed by atoms with van der Waals surface area (Å²) in [6.45, 7) is 8.86. The van der Waals surface area contributed by atoms with Crippen LogP contribution in [0, 0.1) is 11.8 Å². The maximum absolute atomic E-state index is 10.6. The summed E-state index contributed by atoms with van der Waals surface area (Å²) in [7, 11) is 0. The molecule has 1 aromatic heterocycles. The number of ether oxygens (including phenoxy) is 1. The number of halogens is 1. The first kappa shape index (κ1) is 13.8. The molecule has 1 aliphatic heterocycles. The van der Waals surface area contributed by atoms with Crippen LogP contribution in [0.15, 0.2) is 6.20 Å². The monoisotopic (exact) mass is 272 g/mol. The second-order valence-electron chi connectivity index (χ2n) is 5.12. The second kappa shape index (κ2) is 5.19. The van der Waals surface area contributed by atoms with Crippen molar-refractivity contribution >= 4 is 11.6 Å². The van der Waals surface area contributed by atoms with Crippen molar-refractivity contribution in [3.8, 4) is 0 Å². The summed E-state index contributed by atoms with van der Waals surface area (Å²) in [5, 5.41) is 15.3. The summed E-state index contributed by atoms with van der Waals surface area (Å²) < 4.78 is 7.55. The average molecular weight is 273 g/mol. The van der Waals surface area contributed by atoms with Gasteiger partial charge < -0.3 is 9.84 Å². The van der Waals surface area contributed by atoms with Crippen LogP contribution in [-0.4, -0.2) is 27.1 Å². The largest absolute Gasteiger partial charge is 0.386 e. The van der Waals surface area contributed by atoms with E-state index in [1.54, 1.807) is 10.9 Å². The molecule has 0 saturated carbocycles. The third kappa shape index (κ3) is 2.17. The molecular formula is C13H21ClN2O2. The van der Waals surface area contributed by atoms with E-state index < -0.39 is 6.10 Å². The molecule has 2 heterocycles. The molecule has 0 amide bonds. The van der Waals surface area contributed by atoms with Crippen LogP contribution in [0.5, 0.6) is 0 Å². The summed E-state index contributed by atoms with van der Waals surface area (Å²) in [5.74, 6) is 0.353. The lowest BCUT2D eigenvalue weighted by Crippen LogP contribution is -2.27. The maximum atomic E-state index is 10.6. The van der Waals surface area contributed by atoms with Gasteiger partial charge in [0.2, 0.25) is 0 Å². The van der Waals surface area contributed by atoms with E-state index in [2.05, 4.69) is 12.0 Å². The van der Waals surface area contributed by atoms with Gasteiger partial charge >= 0.3 is 0 Å². The minimum absolute atomic E-state index is 0.0290. The fourth-order valence-corrected chi connectivity index (χ4v) is 3.19. The van der Waals surface area contributed by atoms with Crippen LogP contribution in [0.2, 0.25) is 5.02 Å². The molecule has 5 atom stereocenters. The number of rotatable bonds is 3. The molecule has 0 radical (unpaired) electrons. The van der Waals surface area contributed by atoms with Crippen molar-refractivity contribution in [2.45, 2.75) is 52.6 Å². The lowest BCUT2D eigenvalue weighted by molar-refractivity contribution is 0.0203. The van der Waals surface area contributed by atoms with Gasteiger partial charge in [-0.15, -0.1) is 0 Å². The molecule has 18 heavy (non-hydrogen) atoms. The van der Waals surface area contributed by atoms with Crippen LogP contribution < -0.4 is 0 Å². The van der Waals surface area contributed by atoms with Crippen molar-refractivity contribution in [1.29, 1.82) is 0 Å².